The molecule has 1 fully saturated rings. The van der Waals surface area contributed by atoms with Crippen molar-refractivity contribution < 1.29 is 4.79 Å². The maximum Gasteiger partial charge on any atom is 0.169 e. The lowest BCUT2D eigenvalue weighted by Crippen LogP contribution is -2.44. The number of rotatable bonds is 5. The molecule has 1 aliphatic rings. The quantitative estimate of drug-likeness (QED) is 0.450. The minimum Gasteiger partial charge on any atom is -0.354 e. The monoisotopic (exact) mass is 430 g/mol. The zero-order valence-electron chi connectivity index (χ0n) is 17.2. The van der Waals surface area contributed by atoms with Crippen LogP contribution in [-0.4, -0.2) is 63.8 Å². The van der Waals surface area contributed by atoms with Gasteiger partial charge < -0.3 is 9.80 Å². The van der Waals surface area contributed by atoms with Crippen LogP contribution in [0.25, 0.3) is 21.3 Å². The van der Waals surface area contributed by atoms with Gasteiger partial charge in [0.2, 0.25) is 0 Å². The van der Waals surface area contributed by atoms with Crippen LogP contribution in [0.5, 0.6) is 0 Å². The highest BCUT2D eigenvalue weighted by Crippen LogP contribution is 2.25. The molecule has 1 aliphatic heterocycles. The van der Waals surface area contributed by atoms with Gasteiger partial charge in [0.15, 0.2) is 5.78 Å². The lowest BCUT2D eigenvalue weighted by molar-refractivity contribution is 0.0992. The van der Waals surface area contributed by atoms with Gasteiger partial charge in [0.1, 0.15) is 5.82 Å². The highest BCUT2D eigenvalue weighted by Gasteiger charge is 2.17. The Kier molecular flexibility index (Phi) is 5.40. The highest BCUT2D eigenvalue weighted by atomic mass is 32.1. The fourth-order valence-corrected chi connectivity index (χ4v) is 4.31. The number of hydrogen-bond acceptors (Lipinski definition) is 8. The molecule has 0 spiro atoms. The zero-order chi connectivity index (χ0) is 21.2. The highest BCUT2D eigenvalue weighted by molar-refractivity contribution is 7.13. The number of likely N-dealkylation sites (N-methyl/N-ethyl adjacent to an activating group) is 1. The SMILES string of the molecule is CN1CCN(c2cc(C(=O)Cc3cc4cc(-c5cncs5)ncc4cn3)ccn2)CC1. The first kappa shape index (κ1) is 19.7. The summed E-state index contributed by atoms with van der Waals surface area (Å²) in [4.78, 5) is 36.1. The molecule has 8 heteroatoms. The number of carbonyl (C=O) groups is 1. The van der Waals surface area contributed by atoms with Crippen LogP contribution in [0.15, 0.2) is 54.6 Å². The van der Waals surface area contributed by atoms with Crippen molar-refractivity contribution in [2.45, 2.75) is 6.42 Å². The van der Waals surface area contributed by atoms with E-state index < -0.39 is 0 Å². The molecule has 5 heterocycles. The second-order valence-electron chi connectivity index (χ2n) is 7.75. The number of aromatic nitrogens is 4. The van der Waals surface area contributed by atoms with Gasteiger partial charge in [0.25, 0.3) is 0 Å². The third-order valence-electron chi connectivity index (χ3n) is 5.58. The molecule has 31 heavy (non-hydrogen) atoms. The van der Waals surface area contributed by atoms with Crippen molar-refractivity contribution in [3.05, 3.63) is 65.8 Å². The Morgan fingerprint density at radius 2 is 1.84 bits per heavy atom. The average molecular weight is 431 g/mol. The smallest absolute Gasteiger partial charge is 0.169 e. The molecule has 0 atom stereocenters. The Bertz CT molecular complexity index is 1220. The number of ketones is 1. The van der Waals surface area contributed by atoms with Crippen LogP contribution < -0.4 is 4.90 Å². The van der Waals surface area contributed by atoms with E-state index in [1.165, 1.54) is 0 Å². The number of nitrogens with zero attached hydrogens (tertiary/aromatic N) is 6. The lowest BCUT2D eigenvalue weighted by atomic mass is 10.1. The Labute approximate surface area is 184 Å². The van der Waals surface area contributed by atoms with Crippen LogP contribution in [0.2, 0.25) is 0 Å². The minimum atomic E-state index is 0.0429. The first-order chi connectivity index (χ1) is 15.2. The van der Waals surface area contributed by atoms with E-state index in [1.807, 2.05) is 30.6 Å². The predicted octanol–water partition coefficient (Wildman–Crippen LogP) is 3.33. The fraction of sp³-hybridized carbons (Fsp3) is 0.261. The van der Waals surface area contributed by atoms with Crippen LogP contribution in [0, 0.1) is 0 Å². The first-order valence-electron chi connectivity index (χ1n) is 10.2. The number of hydrogen-bond donors (Lipinski definition) is 0. The number of anilines is 1. The van der Waals surface area contributed by atoms with Gasteiger partial charge in [-0.3, -0.25) is 19.7 Å². The fourth-order valence-electron chi connectivity index (χ4n) is 3.72. The molecule has 0 aromatic carbocycles. The second-order valence-corrected chi connectivity index (χ2v) is 8.64. The molecule has 0 saturated carbocycles. The molecular formula is C23H22N6OS. The van der Waals surface area contributed by atoms with Crippen LogP contribution in [0.4, 0.5) is 5.82 Å². The third kappa shape index (κ3) is 4.30. The third-order valence-corrected chi connectivity index (χ3v) is 6.38. The topological polar surface area (TPSA) is 75.1 Å². The van der Waals surface area contributed by atoms with E-state index in [2.05, 4.69) is 36.8 Å². The molecule has 0 unspecified atom stereocenters. The van der Waals surface area contributed by atoms with E-state index in [4.69, 9.17) is 0 Å². The summed E-state index contributed by atoms with van der Waals surface area (Å²) in [6.07, 6.45) is 7.38. The van der Waals surface area contributed by atoms with E-state index in [1.54, 1.807) is 35.3 Å². The van der Waals surface area contributed by atoms with Crippen molar-refractivity contribution in [1.82, 2.24) is 24.8 Å². The molecule has 156 valence electrons. The maximum atomic E-state index is 13.0. The molecule has 1 saturated heterocycles. The van der Waals surface area contributed by atoms with Gasteiger partial charge in [-0.15, -0.1) is 11.3 Å². The predicted molar refractivity (Wildman–Crippen MR) is 123 cm³/mol. The molecule has 7 nitrogen and oxygen atoms in total. The van der Waals surface area contributed by atoms with E-state index >= 15 is 0 Å². The molecule has 4 aromatic heterocycles. The summed E-state index contributed by atoms with van der Waals surface area (Å²) < 4.78 is 0. The van der Waals surface area contributed by atoms with Crippen LogP contribution in [0.1, 0.15) is 16.1 Å². The Balaban J connectivity index is 1.35. The van der Waals surface area contributed by atoms with Crippen molar-refractivity contribution in [2.24, 2.45) is 0 Å². The summed E-state index contributed by atoms with van der Waals surface area (Å²) in [6, 6.07) is 7.69. The maximum absolute atomic E-state index is 13.0. The Morgan fingerprint density at radius 1 is 1.00 bits per heavy atom. The average Bonchev–Trinajstić information content (AvgIpc) is 3.34. The molecule has 0 aliphatic carbocycles. The Hall–Kier alpha value is -3.23. The van der Waals surface area contributed by atoms with Gasteiger partial charge in [0.05, 0.1) is 22.5 Å². The number of thiazole rings is 1. The Morgan fingerprint density at radius 3 is 2.65 bits per heavy atom. The van der Waals surface area contributed by atoms with Gasteiger partial charge in [-0.25, -0.2) is 4.98 Å². The van der Waals surface area contributed by atoms with E-state index in [0.29, 0.717) is 5.56 Å². The van der Waals surface area contributed by atoms with Crippen molar-refractivity contribution >= 4 is 33.7 Å². The number of pyridine rings is 3. The summed E-state index contributed by atoms with van der Waals surface area (Å²) >= 11 is 1.55. The number of Topliss-reactive ketones (excluding diaryl/α,β-unsaturated/α-hetero) is 1. The first-order valence-corrected chi connectivity index (χ1v) is 11.1. The summed E-state index contributed by atoms with van der Waals surface area (Å²) in [6.45, 7) is 3.84. The standard InChI is InChI=1S/C23H22N6OS/c1-28-4-6-29(7-5-28)23-10-16(2-3-25-23)21(30)11-19-8-17-9-20(22-14-24-15-31-22)27-13-18(17)12-26-19/h2-3,8-10,12-15H,4-7,11H2,1H3. The van der Waals surface area contributed by atoms with E-state index in [9.17, 15) is 4.79 Å². The lowest BCUT2D eigenvalue weighted by Gasteiger charge is -2.33. The zero-order valence-corrected chi connectivity index (χ0v) is 18.0. The van der Waals surface area contributed by atoms with Gasteiger partial charge in [-0.05, 0) is 36.7 Å². The van der Waals surface area contributed by atoms with Crippen molar-refractivity contribution in [1.29, 1.82) is 0 Å². The van der Waals surface area contributed by atoms with Gasteiger partial charge >= 0.3 is 0 Å². The van der Waals surface area contributed by atoms with E-state index in [0.717, 1.165) is 59.0 Å². The van der Waals surface area contributed by atoms with Crippen molar-refractivity contribution in [2.75, 3.05) is 38.1 Å². The van der Waals surface area contributed by atoms with Crippen molar-refractivity contribution in [3.8, 4) is 10.6 Å². The summed E-state index contributed by atoms with van der Waals surface area (Å²) in [5, 5.41) is 1.97. The molecule has 0 bridgehead atoms. The van der Waals surface area contributed by atoms with E-state index in [-0.39, 0.29) is 12.2 Å². The van der Waals surface area contributed by atoms with Crippen LogP contribution in [-0.2, 0) is 6.42 Å². The molecule has 5 rings (SSSR count). The number of piperazine rings is 1. The summed E-state index contributed by atoms with van der Waals surface area (Å²) in [7, 11) is 2.12. The summed E-state index contributed by atoms with van der Waals surface area (Å²) in [5.41, 5.74) is 4.09. The summed E-state index contributed by atoms with van der Waals surface area (Å²) in [5.74, 6) is 0.909. The van der Waals surface area contributed by atoms with Gasteiger partial charge in [-0.1, -0.05) is 0 Å². The number of carbonyl (C=O) groups excluding carboxylic acids is 1. The largest absolute Gasteiger partial charge is 0.354 e. The van der Waals surface area contributed by atoms with Crippen LogP contribution in [0.3, 0.4) is 0 Å². The van der Waals surface area contributed by atoms with Gasteiger partial charge in [-0.2, -0.15) is 0 Å². The van der Waals surface area contributed by atoms with Crippen molar-refractivity contribution in [3.63, 3.8) is 0 Å². The minimum absolute atomic E-state index is 0.0429. The molecule has 0 amide bonds. The second kappa shape index (κ2) is 8.49. The van der Waals surface area contributed by atoms with Crippen LogP contribution >= 0.6 is 11.3 Å². The number of fused-ring (bicyclic) bond motifs is 1. The molecule has 0 radical (unpaired) electrons. The normalized spacial score (nSPS) is 14.8. The molecule has 4 aromatic rings. The molecule has 0 N–H and O–H groups in total. The molecular weight excluding hydrogens is 408 g/mol. The van der Waals surface area contributed by atoms with Gasteiger partial charge in [0, 0.05) is 67.6 Å².